The Labute approximate surface area is 178 Å². The van der Waals surface area contributed by atoms with Gasteiger partial charge in [-0.3, -0.25) is 4.79 Å². The lowest BCUT2D eigenvalue weighted by Crippen LogP contribution is -2.30. The number of amides is 1. The number of anilines is 1. The van der Waals surface area contributed by atoms with Gasteiger partial charge in [-0.05, 0) is 50.1 Å². The van der Waals surface area contributed by atoms with E-state index in [4.69, 9.17) is 27.9 Å². The second-order valence-electron chi connectivity index (χ2n) is 6.56. The molecule has 0 saturated heterocycles. The van der Waals surface area contributed by atoms with E-state index in [1.165, 1.54) is 31.2 Å². The van der Waals surface area contributed by atoms with E-state index >= 15 is 0 Å². The molecule has 1 aliphatic rings. The first-order valence-corrected chi connectivity index (χ1v) is 11.0. The molecule has 154 valence electrons. The van der Waals surface area contributed by atoms with Crippen LogP contribution < -0.4 is 10.0 Å². The third-order valence-corrected chi connectivity index (χ3v) is 6.48. The average Bonchev–Trinajstić information content (AvgIpc) is 3.48. The number of rotatable bonds is 7. The minimum Gasteiger partial charge on any atom is -0.449 e. The molecule has 0 aromatic heterocycles. The van der Waals surface area contributed by atoms with Crippen LogP contribution in [0.3, 0.4) is 0 Å². The molecule has 0 radical (unpaired) electrons. The third-order valence-electron chi connectivity index (χ3n) is 4.14. The molecule has 7 nitrogen and oxygen atoms in total. The van der Waals surface area contributed by atoms with Gasteiger partial charge >= 0.3 is 5.97 Å². The lowest BCUT2D eigenvalue weighted by molar-refractivity contribution is -0.123. The molecule has 1 saturated carbocycles. The molecule has 0 spiro atoms. The van der Waals surface area contributed by atoms with Gasteiger partial charge in [0, 0.05) is 6.04 Å². The van der Waals surface area contributed by atoms with Crippen molar-refractivity contribution in [3.05, 3.63) is 58.1 Å². The summed E-state index contributed by atoms with van der Waals surface area (Å²) in [5.74, 6) is -1.44. The zero-order valence-electron chi connectivity index (χ0n) is 15.3. The van der Waals surface area contributed by atoms with Crippen molar-refractivity contribution in [2.24, 2.45) is 0 Å². The highest BCUT2D eigenvalue weighted by Crippen LogP contribution is 2.29. The van der Waals surface area contributed by atoms with Crippen LogP contribution in [0.4, 0.5) is 5.69 Å². The van der Waals surface area contributed by atoms with Gasteiger partial charge in [-0.1, -0.05) is 35.3 Å². The Morgan fingerprint density at radius 2 is 1.83 bits per heavy atom. The highest BCUT2D eigenvalue weighted by molar-refractivity contribution is 7.89. The fourth-order valence-corrected chi connectivity index (χ4v) is 4.09. The zero-order valence-corrected chi connectivity index (χ0v) is 17.6. The Bertz CT molecular complexity index is 1050. The van der Waals surface area contributed by atoms with E-state index in [2.05, 4.69) is 10.0 Å². The molecule has 1 fully saturated rings. The molecule has 0 heterocycles. The first-order valence-electron chi connectivity index (χ1n) is 8.75. The lowest BCUT2D eigenvalue weighted by Gasteiger charge is -2.15. The first kappa shape index (κ1) is 21.6. The van der Waals surface area contributed by atoms with E-state index in [0.29, 0.717) is 0 Å². The summed E-state index contributed by atoms with van der Waals surface area (Å²) in [5, 5.41) is 2.97. The summed E-state index contributed by atoms with van der Waals surface area (Å²) in [6.45, 7) is 1.39. The van der Waals surface area contributed by atoms with Crippen LogP contribution in [-0.4, -0.2) is 32.4 Å². The molecule has 2 aromatic rings. The first-order chi connectivity index (χ1) is 13.7. The summed E-state index contributed by atoms with van der Waals surface area (Å²) in [5.41, 5.74) is 0.301. The number of carbonyl (C=O) groups excluding carboxylic acids is 2. The molecule has 2 aromatic carbocycles. The maximum absolute atomic E-state index is 12.4. The second-order valence-corrected chi connectivity index (χ2v) is 9.06. The van der Waals surface area contributed by atoms with Crippen LogP contribution in [0, 0.1) is 0 Å². The summed E-state index contributed by atoms with van der Waals surface area (Å²) < 4.78 is 32.3. The van der Waals surface area contributed by atoms with Crippen molar-refractivity contribution in [2.75, 3.05) is 5.32 Å². The zero-order chi connectivity index (χ0) is 21.2. The van der Waals surface area contributed by atoms with Crippen LogP contribution in [0.2, 0.25) is 10.0 Å². The van der Waals surface area contributed by atoms with E-state index in [-0.39, 0.29) is 32.2 Å². The van der Waals surface area contributed by atoms with Gasteiger partial charge in [-0.15, -0.1) is 0 Å². The largest absolute Gasteiger partial charge is 0.449 e. The topological polar surface area (TPSA) is 102 Å². The van der Waals surface area contributed by atoms with Gasteiger partial charge in [-0.2, -0.15) is 0 Å². The lowest BCUT2D eigenvalue weighted by atomic mass is 10.2. The van der Waals surface area contributed by atoms with Gasteiger partial charge < -0.3 is 10.1 Å². The highest BCUT2D eigenvalue weighted by Gasteiger charge is 2.28. The minimum absolute atomic E-state index is 0.0177. The quantitative estimate of drug-likeness (QED) is 0.619. The summed E-state index contributed by atoms with van der Waals surface area (Å²) in [6.07, 6.45) is 0.441. The van der Waals surface area contributed by atoms with Crippen molar-refractivity contribution in [3.63, 3.8) is 0 Å². The van der Waals surface area contributed by atoms with Gasteiger partial charge in [0.25, 0.3) is 5.91 Å². The fraction of sp³-hybridized carbons (Fsp3) is 0.263. The summed E-state index contributed by atoms with van der Waals surface area (Å²) in [4.78, 5) is 24.6. The molecule has 0 bridgehead atoms. The molecule has 1 atom stereocenters. The summed E-state index contributed by atoms with van der Waals surface area (Å²) >= 11 is 11.9. The van der Waals surface area contributed by atoms with E-state index < -0.39 is 28.0 Å². The maximum atomic E-state index is 12.4. The van der Waals surface area contributed by atoms with Gasteiger partial charge in [0.15, 0.2) is 6.10 Å². The maximum Gasteiger partial charge on any atom is 0.338 e. The van der Waals surface area contributed by atoms with Crippen molar-refractivity contribution in [1.29, 1.82) is 0 Å². The number of nitrogens with one attached hydrogen (secondary N) is 2. The number of carbonyl (C=O) groups is 2. The predicted octanol–water partition coefficient (Wildman–Crippen LogP) is 3.62. The molecule has 29 heavy (non-hydrogen) atoms. The number of esters is 1. The van der Waals surface area contributed by atoms with E-state index in [1.54, 1.807) is 18.2 Å². The van der Waals surface area contributed by atoms with Gasteiger partial charge in [0.05, 0.1) is 26.2 Å². The Morgan fingerprint density at radius 3 is 2.52 bits per heavy atom. The van der Waals surface area contributed by atoms with Crippen molar-refractivity contribution in [3.8, 4) is 0 Å². The normalized spacial score (nSPS) is 14.9. The molecule has 1 unspecified atom stereocenters. The van der Waals surface area contributed by atoms with Crippen molar-refractivity contribution < 1.29 is 22.7 Å². The number of hydrogen-bond acceptors (Lipinski definition) is 5. The molecule has 1 amide bonds. The molecule has 3 rings (SSSR count). The predicted molar refractivity (Wildman–Crippen MR) is 110 cm³/mol. The smallest absolute Gasteiger partial charge is 0.338 e. The molecule has 2 N–H and O–H groups in total. The van der Waals surface area contributed by atoms with Gasteiger partial charge in [0.1, 0.15) is 0 Å². The van der Waals surface area contributed by atoms with Crippen LogP contribution in [0.25, 0.3) is 0 Å². The van der Waals surface area contributed by atoms with Crippen molar-refractivity contribution >= 4 is 50.8 Å². The highest BCUT2D eigenvalue weighted by atomic mass is 35.5. The van der Waals surface area contributed by atoms with Crippen LogP contribution in [0.5, 0.6) is 0 Å². The number of benzene rings is 2. The minimum atomic E-state index is -3.71. The van der Waals surface area contributed by atoms with Crippen LogP contribution >= 0.6 is 23.2 Å². The summed E-state index contributed by atoms with van der Waals surface area (Å²) in [7, 11) is -3.71. The van der Waals surface area contributed by atoms with Crippen LogP contribution in [0.15, 0.2) is 47.4 Å². The Kier molecular flexibility index (Phi) is 6.48. The Morgan fingerprint density at radius 1 is 1.14 bits per heavy atom. The average molecular weight is 457 g/mol. The van der Waals surface area contributed by atoms with Gasteiger partial charge in [0.2, 0.25) is 10.0 Å². The van der Waals surface area contributed by atoms with E-state index in [0.717, 1.165) is 12.8 Å². The number of halogens is 2. The van der Waals surface area contributed by atoms with Gasteiger partial charge in [-0.25, -0.2) is 17.9 Å². The summed E-state index contributed by atoms with van der Waals surface area (Å²) in [6, 6.07) is 10.1. The second kappa shape index (κ2) is 8.71. The van der Waals surface area contributed by atoms with E-state index in [9.17, 15) is 18.0 Å². The number of sulfonamides is 1. The molecule has 0 aliphatic heterocycles. The fourth-order valence-electron chi connectivity index (χ4n) is 2.40. The molecule has 1 aliphatic carbocycles. The third kappa shape index (κ3) is 5.48. The van der Waals surface area contributed by atoms with E-state index in [1.807, 2.05) is 0 Å². The monoisotopic (exact) mass is 456 g/mol. The van der Waals surface area contributed by atoms with Crippen molar-refractivity contribution in [1.82, 2.24) is 4.72 Å². The standard InChI is InChI=1S/C19H18Cl2N2O5S/c1-11(18(24)22-16-7-3-6-15(20)17(16)21)28-19(25)12-4-2-5-14(10-12)29(26,27)23-13-8-9-13/h2-7,10-11,13,23H,8-9H2,1H3,(H,22,24). The Hall–Kier alpha value is -2.13. The number of hydrogen-bond donors (Lipinski definition) is 2. The van der Waals surface area contributed by atoms with Crippen LogP contribution in [-0.2, 0) is 19.6 Å². The Balaban J connectivity index is 1.67. The number of ether oxygens (including phenoxy) is 1. The molecular weight excluding hydrogens is 439 g/mol. The molecule has 10 heteroatoms. The van der Waals surface area contributed by atoms with Crippen LogP contribution in [0.1, 0.15) is 30.1 Å². The molecular formula is C19H18Cl2N2O5S. The SMILES string of the molecule is CC(OC(=O)c1cccc(S(=O)(=O)NC2CC2)c1)C(=O)Nc1cccc(Cl)c1Cl. The van der Waals surface area contributed by atoms with Crippen molar-refractivity contribution in [2.45, 2.75) is 36.8 Å².